The Bertz CT molecular complexity index is 763. The molecule has 0 saturated heterocycles. The van der Waals surface area contributed by atoms with Gasteiger partial charge in [0.15, 0.2) is 0 Å². The van der Waals surface area contributed by atoms with Crippen LogP contribution >= 0.6 is 0 Å². The minimum atomic E-state index is 0.939. The highest BCUT2D eigenvalue weighted by atomic mass is 14.7. The van der Waals surface area contributed by atoms with Crippen molar-refractivity contribution in [3.63, 3.8) is 0 Å². The largest absolute Gasteiger partial charge is 0.253 e. The van der Waals surface area contributed by atoms with E-state index in [9.17, 15) is 0 Å². The normalized spacial score (nSPS) is 21.0. The van der Waals surface area contributed by atoms with E-state index in [1.54, 1.807) is 0 Å². The molecule has 0 aliphatic carbocycles. The lowest BCUT2D eigenvalue weighted by molar-refractivity contribution is 1.13. The zero-order valence-electron chi connectivity index (χ0n) is 13.2. The van der Waals surface area contributed by atoms with E-state index in [0.717, 1.165) is 24.2 Å². The van der Waals surface area contributed by atoms with Gasteiger partial charge in [-0.05, 0) is 49.4 Å². The molecule has 110 valence electrons. The van der Waals surface area contributed by atoms with Gasteiger partial charge in [-0.3, -0.25) is 4.99 Å². The summed E-state index contributed by atoms with van der Waals surface area (Å²) in [4.78, 5) is 4.91. The number of allylic oxidation sites excluding steroid dienone is 4. The number of hydrogen-bond donors (Lipinski definition) is 0. The fourth-order valence-electron chi connectivity index (χ4n) is 2.85. The monoisotopic (exact) mass is 287 g/mol. The molecule has 0 bridgehead atoms. The summed E-state index contributed by atoms with van der Waals surface area (Å²) in [6.45, 7) is 4.28. The average Bonchev–Trinajstić information content (AvgIpc) is 2.53. The first-order valence-corrected chi connectivity index (χ1v) is 7.78. The summed E-state index contributed by atoms with van der Waals surface area (Å²) >= 11 is 0. The highest BCUT2D eigenvalue weighted by molar-refractivity contribution is 6.01. The van der Waals surface area contributed by atoms with Crippen LogP contribution in [0.5, 0.6) is 0 Å². The van der Waals surface area contributed by atoms with Crippen LogP contribution in [0.3, 0.4) is 0 Å². The summed E-state index contributed by atoms with van der Waals surface area (Å²) in [5, 5.41) is 0. The Balaban J connectivity index is 2.16. The Hall–Kier alpha value is -2.41. The summed E-state index contributed by atoms with van der Waals surface area (Å²) in [7, 11) is 0. The van der Waals surface area contributed by atoms with Crippen LogP contribution in [-0.2, 0) is 12.8 Å². The second-order valence-electron chi connectivity index (χ2n) is 5.81. The third kappa shape index (κ3) is 3.25. The molecule has 2 aromatic carbocycles. The second-order valence-corrected chi connectivity index (χ2v) is 5.81. The molecule has 0 saturated carbocycles. The van der Waals surface area contributed by atoms with Crippen LogP contribution in [0.4, 0.5) is 5.69 Å². The molecule has 0 aromatic heterocycles. The topological polar surface area (TPSA) is 12.4 Å². The van der Waals surface area contributed by atoms with Gasteiger partial charge >= 0.3 is 0 Å². The van der Waals surface area contributed by atoms with E-state index in [1.807, 2.05) is 0 Å². The van der Waals surface area contributed by atoms with E-state index < -0.39 is 0 Å². The number of hydrogen-bond acceptors (Lipinski definition) is 1. The number of para-hydroxylation sites is 1. The lowest BCUT2D eigenvalue weighted by atomic mass is 9.99. The van der Waals surface area contributed by atoms with Gasteiger partial charge in [0, 0.05) is 5.71 Å². The first kappa shape index (κ1) is 14.5. The molecule has 22 heavy (non-hydrogen) atoms. The van der Waals surface area contributed by atoms with Crippen LogP contribution < -0.4 is 0 Å². The van der Waals surface area contributed by atoms with Crippen LogP contribution in [0.2, 0.25) is 0 Å². The number of benzene rings is 2. The predicted octanol–water partition coefficient (Wildman–Crippen LogP) is 5.43. The maximum atomic E-state index is 4.91. The zero-order valence-corrected chi connectivity index (χ0v) is 13.2. The van der Waals surface area contributed by atoms with Crippen molar-refractivity contribution in [3.8, 4) is 0 Å². The minimum Gasteiger partial charge on any atom is -0.253 e. The van der Waals surface area contributed by atoms with Crippen molar-refractivity contribution in [2.75, 3.05) is 0 Å². The fraction of sp³-hybridized carbons (Fsp3) is 0.190. The summed E-state index contributed by atoms with van der Waals surface area (Å²) < 4.78 is 0. The van der Waals surface area contributed by atoms with Gasteiger partial charge < -0.3 is 0 Å². The van der Waals surface area contributed by atoms with Crippen molar-refractivity contribution >= 4 is 11.4 Å². The lowest BCUT2D eigenvalue weighted by Gasteiger charge is -2.11. The van der Waals surface area contributed by atoms with Crippen molar-refractivity contribution in [1.29, 1.82) is 0 Å². The number of nitrogens with zero attached hydrogens (tertiary/aromatic N) is 1. The Morgan fingerprint density at radius 2 is 1.59 bits per heavy atom. The Morgan fingerprint density at radius 3 is 2.45 bits per heavy atom. The van der Waals surface area contributed by atoms with Crippen LogP contribution in [0.1, 0.15) is 30.5 Å². The van der Waals surface area contributed by atoms with E-state index in [4.69, 9.17) is 4.99 Å². The molecule has 0 unspecified atom stereocenters. The second kappa shape index (κ2) is 6.57. The van der Waals surface area contributed by atoms with Gasteiger partial charge in [0.25, 0.3) is 0 Å². The van der Waals surface area contributed by atoms with Gasteiger partial charge in [0.1, 0.15) is 0 Å². The molecule has 0 atom stereocenters. The van der Waals surface area contributed by atoms with E-state index in [1.165, 1.54) is 22.3 Å². The average molecular weight is 287 g/mol. The zero-order chi connectivity index (χ0) is 15.4. The summed E-state index contributed by atoms with van der Waals surface area (Å²) in [6.07, 6.45) is 8.48. The molecule has 0 N–H and O–H groups in total. The van der Waals surface area contributed by atoms with Crippen molar-refractivity contribution in [2.45, 2.75) is 26.7 Å². The molecule has 0 spiro atoms. The number of rotatable bonds is 0. The molecule has 1 aliphatic heterocycles. The van der Waals surface area contributed by atoms with E-state index in [0.29, 0.717) is 0 Å². The van der Waals surface area contributed by atoms with Gasteiger partial charge in [-0.1, -0.05) is 66.3 Å². The molecule has 1 nitrogen and oxygen atoms in total. The van der Waals surface area contributed by atoms with Crippen molar-refractivity contribution in [2.24, 2.45) is 4.99 Å². The standard InChI is InChI=1S/C21H21N/c1-16-9-3-4-10-18-11-5-7-13-20(18)17(2)22-21-14-8-6-12-19(21)15-16/h3-9,11-14H,10,15H2,1-2H3/b4-3-,16-9+,22-17+. The molecule has 3 rings (SSSR count). The van der Waals surface area contributed by atoms with Crippen molar-refractivity contribution in [1.82, 2.24) is 0 Å². The molecule has 1 aliphatic rings. The number of fused-ring (bicyclic) bond motifs is 2. The SMILES string of the molecule is C/C1=C\C=C/Cc2ccccc2/C(C)=N/c2ccccc2C1. The maximum Gasteiger partial charge on any atom is 0.0668 e. The lowest BCUT2D eigenvalue weighted by Crippen LogP contribution is -2.01. The highest BCUT2D eigenvalue weighted by Crippen LogP contribution is 2.24. The van der Waals surface area contributed by atoms with Crippen LogP contribution in [0.25, 0.3) is 0 Å². The molecule has 0 amide bonds. The van der Waals surface area contributed by atoms with Crippen LogP contribution in [0.15, 0.2) is 77.3 Å². The molecule has 0 fully saturated rings. The third-order valence-corrected chi connectivity index (χ3v) is 4.01. The molecule has 2 aromatic rings. The Labute approximate surface area is 132 Å². The van der Waals surface area contributed by atoms with E-state index in [2.05, 4.69) is 80.6 Å². The number of aliphatic imine (C=N–C) groups is 1. The fourth-order valence-corrected chi connectivity index (χ4v) is 2.85. The van der Waals surface area contributed by atoms with Gasteiger partial charge in [-0.25, -0.2) is 0 Å². The van der Waals surface area contributed by atoms with Crippen LogP contribution in [-0.4, -0.2) is 5.71 Å². The minimum absolute atomic E-state index is 0.939. The van der Waals surface area contributed by atoms with Gasteiger partial charge in [-0.15, -0.1) is 0 Å². The van der Waals surface area contributed by atoms with E-state index >= 15 is 0 Å². The van der Waals surface area contributed by atoms with Crippen molar-refractivity contribution in [3.05, 3.63) is 89.0 Å². The summed E-state index contributed by atoms with van der Waals surface area (Å²) in [5.74, 6) is 0. The molecular weight excluding hydrogens is 266 g/mol. The smallest absolute Gasteiger partial charge is 0.0668 e. The van der Waals surface area contributed by atoms with E-state index in [-0.39, 0.29) is 0 Å². The van der Waals surface area contributed by atoms with Gasteiger partial charge in [-0.2, -0.15) is 0 Å². The highest BCUT2D eigenvalue weighted by Gasteiger charge is 2.07. The molecule has 1 heterocycles. The Morgan fingerprint density at radius 1 is 0.864 bits per heavy atom. The van der Waals surface area contributed by atoms with Crippen LogP contribution in [0, 0.1) is 0 Å². The molecule has 1 heteroatoms. The predicted molar refractivity (Wildman–Crippen MR) is 95.1 cm³/mol. The first-order valence-electron chi connectivity index (χ1n) is 7.78. The summed E-state index contributed by atoms with van der Waals surface area (Å²) in [5.41, 5.74) is 7.35. The summed E-state index contributed by atoms with van der Waals surface area (Å²) in [6, 6.07) is 17.0. The Kier molecular flexibility index (Phi) is 4.34. The van der Waals surface area contributed by atoms with Crippen molar-refractivity contribution < 1.29 is 0 Å². The molecular formula is C21H21N. The van der Waals surface area contributed by atoms with Gasteiger partial charge in [0.2, 0.25) is 0 Å². The maximum absolute atomic E-state index is 4.91. The quantitative estimate of drug-likeness (QED) is 0.612. The third-order valence-electron chi connectivity index (χ3n) is 4.01. The molecule has 0 radical (unpaired) electrons. The first-order chi connectivity index (χ1) is 10.7. The van der Waals surface area contributed by atoms with Gasteiger partial charge in [0.05, 0.1) is 5.69 Å².